The Morgan fingerprint density at radius 1 is 1.07 bits per heavy atom. The number of hydrogen-bond acceptors (Lipinski definition) is 6. The molecular formula is C20H16N2O3S3. The van der Waals surface area contributed by atoms with Crippen molar-refractivity contribution >= 4 is 48.5 Å². The Kier molecular flexibility index (Phi) is 5.01. The van der Waals surface area contributed by atoms with Crippen LogP contribution in [0.2, 0.25) is 0 Å². The van der Waals surface area contributed by atoms with E-state index in [9.17, 15) is 13.2 Å². The van der Waals surface area contributed by atoms with Crippen molar-refractivity contribution in [3.63, 3.8) is 0 Å². The molecule has 1 amide bonds. The van der Waals surface area contributed by atoms with Gasteiger partial charge in [-0.2, -0.15) is 0 Å². The molecule has 0 saturated heterocycles. The van der Waals surface area contributed by atoms with E-state index in [1.54, 1.807) is 48.8 Å². The molecule has 3 aromatic heterocycles. The minimum Gasteiger partial charge on any atom is -0.347 e. The second-order valence-electron chi connectivity index (χ2n) is 6.22. The summed E-state index contributed by atoms with van der Waals surface area (Å²) < 4.78 is 26.6. The molecule has 0 radical (unpaired) electrons. The molecule has 0 bridgehead atoms. The zero-order chi connectivity index (χ0) is 19.7. The van der Waals surface area contributed by atoms with Gasteiger partial charge in [0.15, 0.2) is 0 Å². The second-order valence-corrected chi connectivity index (χ2v) is 10.8. The highest BCUT2D eigenvalue weighted by Crippen LogP contribution is 2.28. The maximum absolute atomic E-state index is 12.6. The molecule has 3 heterocycles. The van der Waals surface area contributed by atoms with Crippen LogP contribution in [0.4, 0.5) is 0 Å². The monoisotopic (exact) mass is 428 g/mol. The van der Waals surface area contributed by atoms with E-state index in [0.717, 1.165) is 20.5 Å². The number of rotatable bonds is 5. The molecular weight excluding hydrogens is 412 g/mol. The largest absolute Gasteiger partial charge is 0.347 e. The van der Waals surface area contributed by atoms with Gasteiger partial charge in [0.2, 0.25) is 9.84 Å². The third-order valence-electron chi connectivity index (χ3n) is 4.21. The first-order valence-corrected chi connectivity index (χ1v) is 11.6. The number of aromatic nitrogens is 1. The van der Waals surface area contributed by atoms with Gasteiger partial charge in [0.05, 0.1) is 14.5 Å². The summed E-state index contributed by atoms with van der Waals surface area (Å²) in [6, 6.07) is 13.8. The fourth-order valence-corrected chi connectivity index (χ4v) is 6.36. The molecule has 0 aliphatic carbocycles. The third-order valence-corrected chi connectivity index (χ3v) is 8.56. The van der Waals surface area contributed by atoms with E-state index in [2.05, 4.69) is 10.3 Å². The van der Waals surface area contributed by atoms with Crippen LogP contribution in [0.3, 0.4) is 0 Å². The maximum atomic E-state index is 12.6. The van der Waals surface area contributed by atoms with Crippen molar-refractivity contribution in [3.05, 3.63) is 76.2 Å². The van der Waals surface area contributed by atoms with Gasteiger partial charge in [0.25, 0.3) is 5.91 Å². The summed E-state index contributed by atoms with van der Waals surface area (Å²) in [5.41, 5.74) is 0.831. The molecule has 0 aliphatic heterocycles. The van der Waals surface area contributed by atoms with Crippen molar-refractivity contribution < 1.29 is 13.2 Å². The van der Waals surface area contributed by atoms with Crippen LogP contribution in [-0.2, 0) is 16.4 Å². The van der Waals surface area contributed by atoms with Crippen LogP contribution in [0.25, 0.3) is 10.1 Å². The number of nitrogens with one attached hydrogen (secondary N) is 1. The van der Waals surface area contributed by atoms with Crippen LogP contribution in [0.1, 0.15) is 20.1 Å². The fourth-order valence-electron chi connectivity index (χ4n) is 2.72. The van der Waals surface area contributed by atoms with E-state index >= 15 is 0 Å². The van der Waals surface area contributed by atoms with Gasteiger partial charge in [-0.1, -0.05) is 12.1 Å². The number of pyridine rings is 1. The lowest BCUT2D eigenvalue weighted by atomic mass is 10.2. The smallest absolute Gasteiger partial charge is 0.261 e. The molecule has 8 heteroatoms. The summed E-state index contributed by atoms with van der Waals surface area (Å²) in [5, 5.41) is 3.86. The summed E-state index contributed by atoms with van der Waals surface area (Å²) in [6.45, 7) is 2.20. The van der Waals surface area contributed by atoms with Crippen LogP contribution in [0, 0.1) is 6.92 Å². The molecule has 0 fully saturated rings. The van der Waals surface area contributed by atoms with Crippen LogP contribution in [0.5, 0.6) is 0 Å². The number of fused-ring (bicyclic) bond motifs is 1. The van der Waals surface area contributed by atoms with Crippen molar-refractivity contribution in [2.45, 2.75) is 22.6 Å². The highest BCUT2D eigenvalue weighted by Gasteiger charge is 2.19. The predicted octanol–water partition coefficient (Wildman–Crippen LogP) is 4.43. The maximum Gasteiger partial charge on any atom is 0.261 e. The molecule has 0 aliphatic rings. The second kappa shape index (κ2) is 7.46. The van der Waals surface area contributed by atoms with Gasteiger partial charge < -0.3 is 5.32 Å². The Morgan fingerprint density at radius 2 is 1.86 bits per heavy atom. The molecule has 0 spiro atoms. The van der Waals surface area contributed by atoms with E-state index in [1.165, 1.54) is 22.7 Å². The zero-order valence-electron chi connectivity index (χ0n) is 14.9. The number of carbonyl (C=O) groups is 1. The first-order chi connectivity index (χ1) is 13.4. The molecule has 5 nitrogen and oxygen atoms in total. The zero-order valence-corrected chi connectivity index (χ0v) is 17.3. The Labute approximate surface area is 170 Å². The Morgan fingerprint density at radius 3 is 2.54 bits per heavy atom. The number of hydrogen-bond donors (Lipinski definition) is 1. The molecule has 28 heavy (non-hydrogen) atoms. The summed E-state index contributed by atoms with van der Waals surface area (Å²) in [5.74, 6) is -0.160. The summed E-state index contributed by atoms with van der Waals surface area (Å²) in [6.07, 6.45) is 3.44. The van der Waals surface area contributed by atoms with Gasteiger partial charge in [-0.05, 0) is 54.3 Å². The van der Waals surface area contributed by atoms with E-state index < -0.39 is 9.84 Å². The first-order valence-electron chi connectivity index (χ1n) is 8.46. The minimum absolute atomic E-state index is 0.160. The van der Waals surface area contributed by atoms with Crippen molar-refractivity contribution in [1.82, 2.24) is 10.3 Å². The van der Waals surface area contributed by atoms with Gasteiger partial charge in [-0.15, -0.1) is 22.7 Å². The van der Waals surface area contributed by atoms with Gasteiger partial charge in [0, 0.05) is 23.8 Å². The summed E-state index contributed by atoms with van der Waals surface area (Å²) >= 11 is 2.65. The topological polar surface area (TPSA) is 76.1 Å². The highest BCUT2D eigenvalue weighted by molar-refractivity contribution is 7.93. The van der Waals surface area contributed by atoms with Crippen LogP contribution in [-0.4, -0.2) is 19.3 Å². The van der Waals surface area contributed by atoms with Crippen LogP contribution < -0.4 is 5.32 Å². The molecule has 0 saturated carbocycles. The SMILES string of the molecule is Cc1ccc(S(=O)(=O)c2ccc(CNC(=O)c3cc4ccncc4s3)cc2)s1. The van der Waals surface area contributed by atoms with E-state index in [4.69, 9.17) is 0 Å². The van der Waals surface area contributed by atoms with Gasteiger partial charge >= 0.3 is 0 Å². The Hall–Kier alpha value is -2.55. The molecule has 4 rings (SSSR count). The fraction of sp³-hybridized carbons (Fsp3) is 0.100. The summed E-state index contributed by atoms with van der Waals surface area (Å²) in [4.78, 5) is 18.3. The van der Waals surface area contributed by atoms with Gasteiger partial charge in [-0.25, -0.2) is 8.42 Å². The van der Waals surface area contributed by atoms with Crippen LogP contribution >= 0.6 is 22.7 Å². The number of thiophene rings is 2. The van der Waals surface area contributed by atoms with Crippen molar-refractivity contribution in [1.29, 1.82) is 0 Å². The van der Waals surface area contributed by atoms with Gasteiger partial charge in [-0.3, -0.25) is 9.78 Å². The highest BCUT2D eigenvalue weighted by atomic mass is 32.2. The van der Waals surface area contributed by atoms with E-state index in [-0.39, 0.29) is 10.8 Å². The number of aryl methyl sites for hydroxylation is 1. The van der Waals surface area contributed by atoms with Crippen molar-refractivity contribution in [2.75, 3.05) is 0 Å². The normalized spacial score (nSPS) is 11.6. The number of benzene rings is 1. The van der Waals surface area contributed by atoms with Crippen molar-refractivity contribution in [3.8, 4) is 0 Å². The quantitative estimate of drug-likeness (QED) is 0.510. The molecule has 1 N–H and O–H groups in total. The summed E-state index contributed by atoms with van der Waals surface area (Å²) in [7, 11) is -3.50. The average molecular weight is 429 g/mol. The van der Waals surface area contributed by atoms with Crippen LogP contribution in [0.15, 0.2) is 70.0 Å². The predicted molar refractivity (Wildman–Crippen MR) is 112 cm³/mol. The Balaban J connectivity index is 1.45. The third kappa shape index (κ3) is 3.71. The molecule has 0 unspecified atom stereocenters. The van der Waals surface area contributed by atoms with E-state index in [0.29, 0.717) is 15.6 Å². The molecule has 142 valence electrons. The lowest BCUT2D eigenvalue weighted by Crippen LogP contribution is -2.21. The lowest BCUT2D eigenvalue weighted by molar-refractivity contribution is 0.0955. The Bertz CT molecular complexity index is 1220. The molecule has 4 aromatic rings. The molecule has 1 aromatic carbocycles. The minimum atomic E-state index is -3.50. The lowest BCUT2D eigenvalue weighted by Gasteiger charge is -2.06. The average Bonchev–Trinajstić information content (AvgIpc) is 3.33. The number of nitrogens with zero attached hydrogens (tertiary/aromatic N) is 1. The number of carbonyl (C=O) groups excluding carboxylic acids is 1. The van der Waals surface area contributed by atoms with E-state index in [1.807, 2.05) is 19.1 Å². The van der Waals surface area contributed by atoms with Gasteiger partial charge in [0.1, 0.15) is 4.21 Å². The first kappa shape index (κ1) is 18.8. The standard InChI is InChI=1S/C20H16N2O3S3/c1-13-2-7-19(26-13)28(24,25)16-5-3-14(4-6-16)11-22-20(23)17-10-15-8-9-21-12-18(15)27-17/h2-10,12H,11H2,1H3,(H,22,23). The van der Waals surface area contributed by atoms with Crippen molar-refractivity contribution in [2.24, 2.45) is 0 Å². The number of amides is 1. The number of sulfone groups is 1. The molecule has 0 atom stereocenters.